The number of rotatable bonds is 3. The van der Waals surface area contributed by atoms with Crippen molar-refractivity contribution in [3.05, 3.63) is 28.7 Å². The first-order valence-electron chi connectivity index (χ1n) is 4.56. The molecule has 0 aliphatic carbocycles. The number of hydrogen-bond acceptors (Lipinski definition) is 3. The van der Waals surface area contributed by atoms with Crippen molar-refractivity contribution >= 4 is 22.0 Å². The summed E-state index contributed by atoms with van der Waals surface area (Å²) in [5.41, 5.74) is 5.36. The average Bonchev–Trinajstić information content (AvgIpc) is 2.17. The van der Waals surface area contributed by atoms with Crippen molar-refractivity contribution in [1.29, 1.82) is 0 Å². The van der Waals surface area contributed by atoms with Crippen LogP contribution in [-0.4, -0.2) is 18.7 Å². The molecule has 4 nitrogen and oxygen atoms in total. The van der Waals surface area contributed by atoms with E-state index in [0.717, 1.165) is 4.47 Å². The first-order valence-corrected chi connectivity index (χ1v) is 5.35. The molecule has 0 saturated carbocycles. The first-order chi connectivity index (χ1) is 7.11. The predicted molar refractivity (Wildman–Crippen MR) is 61.8 cm³/mol. The number of ether oxygens (including phenoxy) is 1. The second-order valence-electron chi connectivity index (χ2n) is 3.13. The molecule has 1 unspecified atom stereocenters. The van der Waals surface area contributed by atoms with Crippen LogP contribution < -0.4 is 15.8 Å². The summed E-state index contributed by atoms with van der Waals surface area (Å²) < 4.78 is 5.89. The van der Waals surface area contributed by atoms with Gasteiger partial charge in [-0.15, -0.1) is 0 Å². The molecular formula is C10H13BrN2O2. The monoisotopic (exact) mass is 272 g/mol. The van der Waals surface area contributed by atoms with Gasteiger partial charge in [-0.25, -0.2) is 4.79 Å². The van der Waals surface area contributed by atoms with Crippen LogP contribution >= 0.6 is 15.9 Å². The summed E-state index contributed by atoms with van der Waals surface area (Å²) in [7, 11) is 0. The van der Waals surface area contributed by atoms with Crippen molar-refractivity contribution in [2.24, 2.45) is 5.73 Å². The highest BCUT2D eigenvalue weighted by atomic mass is 79.9. The zero-order valence-electron chi connectivity index (χ0n) is 8.37. The van der Waals surface area contributed by atoms with Gasteiger partial charge in [0.1, 0.15) is 5.75 Å². The molecule has 0 bridgehead atoms. The molecular weight excluding hydrogens is 260 g/mol. The molecule has 3 N–H and O–H groups in total. The highest BCUT2D eigenvalue weighted by Gasteiger charge is 2.07. The van der Waals surface area contributed by atoms with Gasteiger partial charge in [0, 0.05) is 17.1 Å². The Kier molecular flexibility index (Phi) is 4.58. The molecule has 0 radical (unpaired) electrons. The van der Waals surface area contributed by atoms with Gasteiger partial charge in [0.2, 0.25) is 0 Å². The van der Waals surface area contributed by atoms with E-state index in [2.05, 4.69) is 21.2 Å². The van der Waals surface area contributed by atoms with E-state index in [9.17, 15) is 4.79 Å². The fourth-order valence-electron chi connectivity index (χ4n) is 0.927. The largest absolute Gasteiger partial charge is 0.412 e. The van der Waals surface area contributed by atoms with E-state index in [1.54, 1.807) is 18.2 Å². The zero-order valence-corrected chi connectivity index (χ0v) is 9.95. The lowest BCUT2D eigenvalue weighted by Crippen LogP contribution is -2.39. The van der Waals surface area contributed by atoms with Gasteiger partial charge in [-0.2, -0.15) is 0 Å². The molecule has 0 saturated heterocycles. The maximum atomic E-state index is 11.3. The Hall–Kier alpha value is -1.07. The third-order valence-corrected chi connectivity index (χ3v) is 2.22. The summed E-state index contributed by atoms with van der Waals surface area (Å²) in [6.07, 6.45) is -0.494. The minimum atomic E-state index is -0.494. The van der Waals surface area contributed by atoms with Crippen LogP contribution in [0.2, 0.25) is 0 Å². The van der Waals surface area contributed by atoms with Crippen LogP contribution in [0.25, 0.3) is 0 Å². The lowest BCUT2D eigenvalue weighted by atomic mass is 10.3. The van der Waals surface area contributed by atoms with E-state index in [1.165, 1.54) is 0 Å². The topological polar surface area (TPSA) is 64.3 Å². The van der Waals surface area contributed by atoms with Crippen LogP contribution in [0.5, 0.6) is 5.75 Å². The van der Waals surface area contributed by atoms with E-state index >= 15 is 0 Å². The number of carbonyl (C=O) groups excluding carboxylic acids is 1. The Morgan fingerprint density at radius 3 is 3.00 bits per heavy atom. The average molecular weight is 273 g/mol. The van der Waals surface area contributed by atoms with E-state index < -0.39 is 6.09 Å². The van der Waals surface area contributed by atoms with Crippen molar-refractivity contribution < 1.29 is 9.53 Å². The Morgan fingerprint density at radius 2 is 2.40 bits per heavy atom. The Balaban J connectivity index is 2.51. The Morgan fingerprint density at radius 1 is 1.67 bits per heavy atom. The van der Waals surface area contributed by atoms with Crippen molar-refractivity contribution in [3.8, 4) is 5.75 Å². The number of nitrogens with two attached hydrogens (primary N) is 1. The molecule has 1 aromatic carbocycles. The minimum Gasteiger partial charge on any atom is -0.410 e. The number of carbonyl (C=O) groups is 1. The highest BCUT2D eigenvalue weighted by molar-refractivity contribution is 9.10. The molecule has 0 aliphatic heterocycles. The van der Waals surface area contributed by atoms with Gasteiger partial charge in [-0.1, -0.05) is 22.0 Å². The molecule has 1 rings (SSSR count). The van der Waals surface area contributed by atoms with Gasteiger partial charge in [0.05, 0.1) is 0 Å². The van der Waals surface area contributed by atoms with Crippen LogP contribution in [0.15, 0.2) is 28.7 Å². The van der Waals surface area contributed by atoms with Gasteiger partial charge in [-0.05, 0) is 25.1 Å². The molecule has 0 fully saturated rings. The Bertz CT molecular complexity index is 344. The summed E-state index contributed by atoms with van der Waals surface area (Å²) in [5.74, 6) is 0.492. The molecule has 15 heavy (non-hydrogen) atoms. The van der Waals surface area contributed by atoms with E-state index in [0.29, 0.717) is 12.3 Å². The van der Waals surface area contributed by atoms with Crippen LogP contribution in [-0.2, 0) is 0 Å². The van der Waals surface area contributed by atoms with Crippen LogP contribution in [0.3, 0.4) is 0 Å². The van der Waals surface area contributed by atoms with Crippen LogP contribution in [0.4, 0.5) is 4.79 Å². The van der Waals surface area contributed by atoms with E-state index in [-0.39, 0.29) is 6.04 Å². The van der Waals surface area contributed by atoms with E-state index in [4.69, 9.17) is 10.5 Å². The molecule has 1 atom stereocenters. The van der Waals surface area contributed by atoms with Crippen molar-refractivity contribution in [3.63, 3.8) is 0 Å². The summed E-state index contributed by atoms with van der Waals surface area (Å²) >= 11 is 3.28. The number of amides is 1. The normalized spacial score (nSPS) is 11.9. The fourth-order valence-corrected chi connectivity index (χ4v) is 1.31. The van der Waals surface area contributed by atoms with E-state index in [1.807, 2.05) is 13.0 Å². The summed E-state index contributed by atoms with van der Waals surface area (Å²) in [4.78, 5) is 11.3. The van der Waals surface area contributed by atoms with Crippen LogP contribution in [0.1, 0.15) is 6.92 Å². The Labute approximate surface area is 96.9 Å². The molecule has 0 spiro atoms. The quantitative estimate of drug-likeness (QED) is 0.883. The molecule has 5 heteroatoms. The lowest BCUT2D eigenvalue weighted by molar-refractivity contribution is 0.197. The second kappa shape index (κ2) is 5.72. The highest BCUT2D eigenvalue weighted by Crippen LogP contribution is 2.17. The maximum Gasteiger partial charge on any atom is 0.412 e. The number of hydrogen-bond donors (Lipinski definition) is 2. The van der Waals surface area contributed by atoms with Crippen molar-refractivity contribution in [2.45, 2.75) is 13.0 Å². The first kappa shape index (κ1) is 12.0. The number of nitrogens with one attached hydrogen (secondary N) is 1. The summed E-state index contributed by atoms with van der Waals surface area (Å²) in [5, 5.41) is 2.60. The molecule has 82 valence electrons. The number of halogens is 1. The molecule has 0 aliphatic rings. The standard InChI is InChI=1S/C10H13BrN2O2/c1-7(6-12)13-10(14)15-9-4-2-3-8(11)5-9/h2-5,7H,6,12H2,1H3,(H,13,14). The molecule has 1 amide bonds. The number of benzene rings is 1. The third-order valence-electron chi connectivity index (χ3n) is 1.72. The lowest BCUT2D eigenvalue weighted by Gasteiger charge is -2.11. The molecule has 0 aromatic heterocycles. The molecule has 0 heterocycles. The fraction of sp³-hybridized carbons (Fsp3) is 0.300. The van der Waals surface area contributed by atoms with Crippen molar-refractivity contribution in [2.75, 3.05) is 6.54 Å². The third kappa shape index (κ3) is 4.31. The van der Waals surface area contributed by atoms with Gasteiger partial charge in [0.25, 0.3) is 0 Å². The second-order valence-corrected chi connectivity index (χ2v) is 4.04. The van der Waals surface area contributed by atoms with Crippen LogP contribution in [0, 0.1) is 0 Å². The predicted octanol–water partition coefficient (Wildman–Crippen LogP) is 1.88. The SMILES string of the molecule is CC(CN)NC(=O)Oc1cccc(Br)c1. The maximum absolute atomic E-state index is 11.3. The van der Waals surface area contributed by atoms with Gasteiger partial charge in [-0.3, -0.25) is 0 Å². The summed E-state index contributed by atoms with van der Waals surface area (Å²) in [6, 6.07) is 6.97. The smallest absolute Gasteiger partial charge is 0.410 e. The van der Waals surface area contributed by atoms with Gasteiger partial charge >= 0.3 is 6.09 Å². The molecule has 1 aromatic rings. The zero-order chi connectivity index (χ0) is 11.3. The van der Waals surface area contributed by atoms with Crippen molar-refractivity contribution in [1.82, 2.24) is 5.32 Å². The van der Waals surface area contributed by atoms with Gasteiger partial charge in [0.15, 0.2) is 0 Å². The summed E-state index contributed by atoms with van der Waals surface area (Å²) in [6.45, 7) is 2.19. The van der Waals surface area contributed by atoms with Gasteiger partial charge < -0.3 is 15.8 Å². The minimum absolute atomic E-state index is 0.0929.